The number of fused-ring (bicyclic) bond motifs is 6. The van der Waals surface area contributed by atoms with E-state index >= 15 is 0 Å². The average Bonchev–Trinajstić information content (AvgIpc) is 3.24. The van der Waals surface area contributed by atoms with Gasteiger partial charge in [0, 0.05) is 97.5 Å². The lowest BCUT2D eigenvalue weighted by Crippen LogP contribution is -2.41. The van der Waals surface area contributed by atoms with Crippen molar-refractivity contribution < 1.29 is 34.1 Å². The fraction of sp³-hybridized carbons (Fsp3) is 0.417. The summed E-state index contributed by atoms with van der Waals surface area (Å²) < 4.78 is 21.4. The Bertz CT molecular complexity index is 2400. The first kappa shape index (κ1) is 44.9. The summed E-state index contributed by atoms with van der Waals surface area (Å²) >= 11 is 0. The molecule has 10 N–H and O–H groups in total. The Hall–Kier alpha value is -5.60. The van der Waals surface area contributed by atoms with Crippen molar-refractivity contribution in [3.8, 4) is 11.3 Å². The van der Waals surface area contributed by atoms with Crippen molar-refractivity contribution in [1.29, 1.82) is 5.41 Å². The van der Waals surface area contributed by atoms with E-state index in [1.165, 1.54) is 10.8 Å². The number of aromatic nitrogens is 2. The number of nitrogens with two attached hydrogens (primary N) is 2. The molecule has 2 heterocycles. The summed E-state index contributed by atoms with van der Waals surface area (Å²) in [6, 6.07) is 24.1. The molecule has 13 nitrogen and oxygen atoms in total. The predicted molar refractivity (Wildman–Crippen MR) is 242 cm³/mol. The number of pyridine rings is 2. The Kier molecular flexibility index (Phi) is 17.2. The molecule has 0 unspecified atom stereocenters. The van der Waals surface area contributed by atoms with Crippen LogP contribution in [0.5, 0.6) is 0 Å². The summed E-state index contributed by atoms with van der Waals surface area (Å²) in [5.74, 6) is 0.148. The van der Waals surface area contributed by atoms with E-state index in [2.05, 4.69) is 56.1 Å². The number of unbranched alkanes of at least 4 members (excludes halogenated alkanes) is 4. The molecule has 1 aliphatic heterocycles. The number of quaternary nitrogens is 1. The van der Waals surface area contributed by atoms with Crippen LogP contribution in [0.1, 0.15) is 64.2 Å². The Morgan fingerprint density at radius 1 is 0.639 bits per heavy atom. The van der Waals surface area contributed by atoms with E-state index in [-0.39, 0.29) is 11.8 Å². The summed E-state index contributed by atoms with van der Waals surface area (Å²) in [6.45, 7) is 5.95. The standard InChI is InChI=1S/C48H62N8O5/c49-37-11-15-41-35(29-37)33-55(45-31-39(51)13-17-43(41)45)21-5-1-3-9-47(57)53-19-7-23-59-25-27-61-28-26-60-24-8-20-54-48(58)10-4-2-6-22-56-34-36-30-38(50)12-16-42(36)44-18-14-40(52)32-46(44)56/h11-18,29-34,51-52H,1-10,19-28,49-50H2,(H2,53,54,57,58)/p+2. The summed E-state index contributed by atoms with van der Waals surface area (Å²) in [7, 11) is 0. The number of nitrogens with zero attached hydrogens (tertiary/aromatic N) is 2. The molecular weight excluding hydrogens is 769 g/mol. The molecule has 0 radical (unpaired) electrons. The second-order valence-electron chi connectivity index (χ2n) is 15.8. The third-order valence-corrected chi connectivity index (χ3v) is 10.9. The molecular formula is C48H64N8O5+2. The number of anilines is 2. The summed E-state index contributed by atoms with van der Waals surface area (Å²) in [4.78, 5) is 24.7. The highest BCUT2D eigenvalue weighted by molar-refractivity contribution is 6.05. The minimum Gasteiger partial charge on any atom is -0.399 e. The molecule has 2 amide bonds. The molecule has 0 bridgehead atoms. The number of aryl methyl sites for hydroxylation is 2. The minimum atomic E-state index is 0.0670. The highest BCUT2D eigenvalue weighted by atomic mass is 16.5. The number of carbonyl (C=O) groups is 2. The molecule has 0 fully saturated rings. The Morgan fingerprint density at radius 3 is 1.93 bits per heavy atom. The van der Waals surface area contributed by atoms with E-state index in [9.17, 15) is 9.59 Å². The molecule has 0 spiro atoms. The van der Waals surface area contributed by atoms with Crippen LogP contribution in [0.25, 0.3) is 43.7 Å². The van der Waals surface area contributed by atoms with Gasteiger partial charge in [0.2, 0.25) is 17.3 Å². The fourth-order valence-corrected chi connectivity index (χ4v) is 7.76. The summed E-state index contributed by atoms with van der Waals surface area (Å²) in [6.07, 6.45) is 12.3. The van der Waals surface area contributed by atoms with Crippen molar-refractivity contribution in [3.63, 3.8) is 0 Å². The molecule has 2 aliphatic rings. The number of rotatable bonds is 26. The maximum Gasteiger partial charge on any atom is 0.219 e. The van der Waals surface area contributed by atoms with Crippen molar-refractivity contribution in [2.45, 2.75) is 77.3 Å². The van der Waals surface area contributed by atoms with Crippen LogP contribution in [0.15, 0.2) is 85.2 Å². The number of carbonyl (C=O) groups excluding carboxylic acids is 2. The van der Waals surface area contributed by atoms with E-state index < -0.39 is 0 Å². The first-order chi connectivity index (χ1) is 29.7. The lowest BCUT2D eigenvalue weighted by atomic mass is 10.00. The normalized spacial score (nSPS) is 11.6. The molecule has 3 aromatic carbocycles. The van der Waals surface area contributed by atoms with Gasteiger partial charge in [-0.3, -0.25) is 9.59 Å². The van der Waals surface area contributed by atoms with Crippen molar-refractivity contribution in [3.05, 3.63) is 90.5 Å². The molecule has 0 atom stereocenters. The number of hydrogen-bond acceptors (Lipinski definition) is 8. The zero-order valence-corrected chi connectivity index (χ0v) is 35.5. The fourth-order valence-electron chi connectivity index (χ4n) is 7.76. The van der Waals surface area contributed by atoms with Crippen LogP contribution < -0.4 is 37.8 Å². The summed E-state index contributed by atoms with van der Waals surface area (Å²) in [5, 5.41) is 20.3. The van der Waals surface area contributed by atoms with Gasteiger partial charge in [-0.05, 0) is 86.4 Å². The monoisotopic (exact) mass is 832 g/mol. The molecule has 0 saturated heterocycles. The zero-order chi connectivity index (χ0) is 42.8. The van der Waals surface area contributed by atoms with Gasteiger partial charge >= 0.3 is 0 Å². The van der Waals surface area contributed by atoms with Crippen LogP contribution in [0.4, 0.5) is 17.1 Å². The third kappa shape index (κ3) is 13.7. The van der Waals surface area contributed by atoms with Crippen LogP contribution in [0, 0.1) is 5.41 Å². The van der Waals surface area contributed by atoms with Crippen molar-refractivity contribution in [1.82, 2.24) is 15.2 Å². The number of ether oxygens (including phenoxy) is 3. The smallest absolute Gasteiger partial charge is 0.219 e. The maximum absolute atomic E-state index is 12.3. The van der Waals surface area contributed by atoms with Crippen LogP contribution >= 0.6 is 0 Å². The number of amides is 2. The topological polar surface area (TPSA) is 198 Å². The largest absolute Gasteiger partial charge is 0.399 e. The lowest BCUT2D eigenvalue weighted by Gasteiger charge is -2.19. The molecule has 4 aromatic rings. The SMILES string of the molecule is N=c1ccc2c3ccc(N)cc3cn(CCCCCC(=O)NCCCOCCOCCOCCCNC(=O)CCCCC[n+]3cc4cc(N)ccc4c4ccc([NH3+])cc43)c-2c1. The van der Waals surface area contributed by atoms with Gasteiger partial charge in [0.05, 0.1) is 48.9 Å². The molecule has 1 aromatic heterocycles. The van der Waals surface area contributed by atoms with E-state index in [0.29, 0.717) is 70.9 Å². The van der Waals surface area contributed by atoms with Gasteiger partial charge in [-0.25, -0.2) is 0 Å². The number of hydrogen-bond donors (Lipinski definition) is 6. The van der Waals surface area contributed by atoms with Gasteiger partial charge in [-0.1, -0.05) is 24.6 Å². The molecule has 0 saturated carbocycles. The van der Waals surface area contributed by atoms with Gasteiger partial charge in [0.1, 0.15) is 12.2 Å². The second kappa shape index (κ2) is 23.4. The first-order valence-corrected chi connectivity index (χ1v) is 21.9. The second-order valence-corrected chi connectivity index (χ2v) is 15.8. The van der Waals surface area contributed by atoms with Crippen molar-refractivity contribution in [2.75, 3.05) is 64.2 Å². The van der Waals surface area contributed by atoms with Crippen LogP contribution in [-0.2, 0) is 36.9 Å². The Morgan fingerprint density at radius 2 is 1.25 bits per heavy atom. The third-order valence-electron chi connectivity index (χ3n) is 10.9. The van der Waals surface area contributed by atoms with Crippen molar-refractivity contribution >= 4 is 61.3 Å². The van der Waals surface area contributed by atoms with E-state index in [0.717, 1.165) is 114 Å². The highest BCUT2D eigenvalue weighted by Crippen LogP contribution is 2.31. The predicted octanol–water partition coefficient (Wildman–Crippen LogP) is 5.74. The van der Waals surface area contributed by atoms with Gasteiger partial charge < -0.3 is 52.0 Å². The van der Waals surface area contributed by atoms with Gasteiger partial charge in [0.15, 0.2) is 6.20 Å². The average molecular weight is 833 g/mol. The van der Waals surface area contributed by atoms with Gasteiger partial charge in [0.25, 0.3) is 0 Å². The van der Waals surface area contributed by atoms with Crippen molar-refractivity contribution in [2.24, 2.45) is 0 Å². The molecule has 13 heteroatoms. The molecule has 61 heavy (non-hydrogen) atoms. The maximum atomic E-state index is 12.3. The number of nitrogen functional groups attached to an aromatic ring is 2. The summed E-state index contributed by atoms with van der Waals surface area (Å²) in [5.41, 5.74) is 22.0. The number of nitrogens with one attached hydrogen (secondary N) is 3. The molecule has 6 rings (SSSR count). The van der Waals surface area contributed by atoms with Crippen LogP contribution in [0.2, 0.25) is 0 Å². The van der Waals surface area contributed by atoms with E-state index in [4.69, 9.17) is 31.1 Å². The van der Waals surface area contributed by atoms with E-state index in [1.54, 1.807) is 0 Å². The lowest BCUT2D eigenvalue weighted by molar-refractivity contribution is -0.670. The molecule has 324 valence electrons. The van der Waals surface area contributed by atoms with E-state index in [1.807, 2.05) is 54.6 Å². The van der Waals surface area contributed by atoms with Crippen LogP contribution in [-0.4, -0.2) is 69.1 Å². The van der Waals surface area contributed by atoms with Gasteiger partial charge in [-0.15, -0.1) is 0 Å². The van der Waals surface area contributed by atoms with Crippen LogP contribution in [0.3, 0.4) is 0 Å². The first-order valence-electron chi connectivity index (χ1n) is 21.9. The quantitative estimate of drug-likeness (QED) is 0.0173. The number of benzene rings is 4. The Labute approximate surface area is 358 Å². The minimum absolute atomic E-state index is 0.0670. The zero-order valence-electron chi connectivity index (χ0n) is 35.5. The molecule has 1 aliphatic carbocycles. The highest BCUT2D eigenvalue weighted by Gasteiger charge is 2.16. The van der Waals surface area contributed by atoms with Gasteiger partial charge in [-0.2, -0.15) is 4.57 Å². The Balaban J connectivity index is 0.704.